The van der Waals surface area contributed by atoms with Crippen molar-refractivity contribution in [1.29, 1.82) is 0 Å². The number of aryl methyl sites for hydroxylation is 1. The summed E-state index contributed by atoms with van der Waals surface area (Å²) in [5, 5.41) is 19.7. The zero-order valence-corrected chi connectivity index (χ0v) is 19.2. The van der Waals surface area contributed by atoms with E-state index >= 15 is 0 Å². The van der Waals surface area contributed by atoms with Crippen molar-refractivity contribution in [2.75, 3.05) is 31.1 Å². The Morgan fingerprint density at radius 1 is 1.06 bits per heavy atom. The number of carbonyl (C=O) groups is 1. The van der Waals surface area contributed by atoms with E-state index in [0.717, 1.165) is 16.6 Å². The van der Waals surface area contributed by atoms with Gasteiger partial charge >= 0.3 is 6.03 Å². The van der Waals surface area contributed by atoms with E-state index in [4.69, 9.17) is 4.52 Å². The van der Waals surface area contributed by atoms with Crippen LogP contribution in [0.25, 0.3) is 22.2 Å². The van der Waals surface area contributed by atoms with Crippen LogP contribution in [-0.2, 0) is 0 Å². The summed E-state index contributed by atoms with van der Waals surface area (Å²) in [6, 6.07) is 19.6. The van der Waals surface area contributed by atoms with E-state index in [1.807, 2.05) is 36.1 Å². The second-order valence-corrected chi connectivity index (χ2v) is 8.56. The van der Waals surface area contributed by atoms with Gasteiger partial charge in [-0.1, -0.05) is 47.6 Å². The van der Waals surface area contributed by atoms with Gasteiger partial charge in [-0.25, -0.2) is 4.79 Å². The van der Waals surface area contributed by atoms with Crippen molar-refractivity contribution in [3.8, 4) is 17.2 Å². The number of aromatic hydroxyl groups is 1. The van der Waals surface area contributed by atoms with Gasteiger partial charge in [0.25, 0.3) is 5.89 Å². The fraction of sp³-hybridized carbons (Fsp3) is 0.269. The molecule has 2 amide bonds. The van der Waals surface area contributed by atoms with E-state index in [2.05, 4.69) is 44.6 Å². The molecule has 0 bridgehead atoms. The van der Waals surface area contributed by atoms with Gasteiger partial charge in [-0.05, 0) is 42.3 Å². The van der Waals surface area contributed by atoms with Crippen LogP contribution in [0.15, 0.2) is 65.2 Å². The number of nitrogens with zero attached hydrogens (tertiary/aromatic N) is 4. The third-order valence-electron chi connectivity index (χ3n) is 6.30. The highest BCUT2D eigenvalue weighted by atomic mass is 16.5. The molecule has 2 heterocycles. The molecule has 5 rings (SSSR count). The molecule has 1 saturated heterocycles. The number of phenols is 1. The Morgan fingerprint density at radius 2 is 1.82 bits per heavy atom. The lowest BCUT2D eigenvalue weighted by atomic mass is 10.00. The number of piperazine rings is 1. The lowest BCUT2D eigenvalue weighted by molar-refractivity contribution is 0.191. The number of carbonyl (C=O) groups excluding carboxylic acids is 1. The van der Waals surface area contributed by atoms with Gasteiger partial charge in [-0.15, -0.1) is 0 Å². The number of amides is 2. The van der Waals surface area contributed by atoms with Crippen LogP contribution in [-0.4, -0.2) is 52.4 Å². The minimum atomic E-state index is -0.102. The van der Waals surface area contributed by atoms with E-state index in [1.165, 1.54) is 5.39 Å². The quantitative estimate of drug-likeness (QED) is 0.469. The van der Waals surface area contributed by atoms with Gasteiger partial charge in [0.2, 0.25) is 0 Å². The van der Waals surface area contributed by atoms with Crippen LogP contribution < -0.4 is 10.2 Å². The summed E-state index contributed by atoms with van der Waals surface area (Å²) < 4.78 is 5.16. The van der Waals surface area contributed by atoms with Crippen molar-refractivity contribution in [2.45, 2.75) is 19.9 Å². The summed E-state index contributed by atoms with van der Waals surface area (Å²) in [5.41, 5.74) is 2.50. The highest BCUT2D eigenvalue weighted by Crippen LogP contribution is 2.32. The number of urea groups is 1. The minimum absolute atomic E-state index is 0.0648. The molecule has 1 fully saturated rings. The van der Waals surface area contributed by atoms with Crippen LogP contribution in [0.5, 0.6) is 5.75 Å². The van der Waals surface area contributed by atoms with Crippen molar-refractivity contribution in [3.63, 3.8) is 0 Å². The third-order valence-corrected chi connectivity index (χ3v) is 6.30. The van der Waals surface area contributed by atoms with Gasteiger partial charge in [0.15, 0.2) is 5.82 Å². The smallest absolute Gasteiger partial charge is 0.317 e. The van der Waals surface area contributed by atoms with Gasteiger partial charge in [-0.3, -0.25) is 0 Å². The number of fused-ring (bicyclic) bond motifs is 1. The summed E-state index contributed by atoms with van der Waals surface area (Å²) >= 11 is 0. The SMILES string of the molecule is Cc1noc(-c2ccc(N3CCN(C(=O)N[C@@H](C)c4cccc5ccccc45)CC3)cc2O)n1. The number of hydrogen-bond donors (Lipinski definition) is 2. The molecule has 0 saturated carbocycles. The first-order chi connectivity index (χ1) is 16.5. The predicted molar refractivity (Wildman–Crippen MR) is 131 cm³/mol. The molecule has 1 atom stereocenters. The predicted octanol–water partition coefficient (Wildman–Crippen LogP) is 4.50. The van der Waals surface area contributed by atoms with Crippen LogP contribution in [0.3, 0.4) is 0 Å². The van der Waals surface area contributed by atoms with Crippen molar-refractivity contribution in [3.05, 3.63) is 72.1 Å². The number of nitrogens with one attached hydrogen (secondary N) is 1. The van der Waals surface area contributed by atoms with Gasteiger partial charge in [0, 0.05) is 37.9 Å². The molecular formula is C26H27N5O3. The Kier molecular flexibility index (Phi) is 5.79. The molecule has 174 valence electrons. The van der Waals surface area contributed by atoms with Crippen molar-refractivity contribution in [1.82, 2.24) is 20.4 Å². The van der Waals surface area contributed by atoms with Crippen molar-refractivity contribution < 1.29 is 14.4 Å². The molecule has 1 aromatic heterocycles. The molecular weight excluding hydrogens is 430 g/mol. The molecule has 3 aromatic carbocycles. The van der Waals surface area contributed by atoms with Gasteiger partial charge < -0.3 is 24.7 Å². The molecule has 34 heavy (non-hydrogen) atoms. The zero-order chi connectivity index (χ0) is 23.7. The molecule has 8 heteroatoms. The Balaban J connectivity index is 1.21. The number of rotatable bonds is 4. The standard InChI is InChI=1S/C26H27N5O3/c1-17(21-9-5-7-19-6-3-4-8-22(19)21)27-26(33)31-14-12-30(13-15-31)20-10-11-23(24(32)16-20)25-28-18(2)29-34-25/h3-11,16-17,32H,12-15H2,1-2H3,(H,27,33)/t17-/m0/s1. The monoisotopic (exact) mass is 457 g/mol. The first kappa shape index (κ1) is 21.8. The van der Waals surface area contributed by atoms with Crippen molar-refractivity contribution >= 4 is 22.5 Å². The molecule has 0 aliphatic carbocycles. The largest absolute Gasteiger partial charge is 0.507 e. The topological polar surface area (TPSA) is 94.7 Å². The maximum atomic E-state index is 13.0. The lowest BCUT2D eigenvalue weighted by Gasteiger charge is -2.36. The van der Waals surface area contributed by atoms with Crippen molar-refractivity contribution in [2.24, 2.45) is 0 Å². The summed E-state index contributed by atoms with van der Waals surface area (Å²) in [6.45, 7) is 6.30. The second kappa shape index (κ2) is 9.05. The lowest BCUT2D eigenvalue weighted by Crippen LogP contribution is -2.52. The van der Waals surface area contributed by atoms with Gasteiger partial charge in [0.05, 0.1) is 11.6 Å². The maximum Gasteiger partial charge on any atom is 0.317 e. The molecule has 1 aliphatic rings. The van der Waals surface area contributed by atoms with Gasteiger partial charge in [0.1, 0.15) is 5.75 Å². The first-order valence-electron chi connectivity index (χ1n) is 11.4. The first-order valence-corrected chi connectivity index (χ1v) is 11.4. The van der Waals surface area contributed by atoms with E-state index in [0.29, 0.717) is 43.5 Å². The molecule has 4 aromatic rings. The maximum absolute atomic E-state index is 13.0. The van der Waals surface area contributed by atoms with Crippen LogP contribution in [0.2, 0.25) is 0 Å². The molecule has 0 spiro atoms. The third kappa shape index (κ3) is 4.26. The van der Waals surface area contributed by atoms with Crippen LogP contribution in [0.1, 0.15) is 24.4 Å². The number of anilines is 1. The van der Waals surface area contributed by atoms with Gasteiger partial charge in [-0.2, -0.15) is 4.98 Å². The second-order valence-electron chi connectivity index (χ2n) is 8.56. The zero-order valence-electron chi connectivity index (χ0n) is 19.2. The number of aromatic nitrogens is 2. The molecule has 2 N–H and O–H groups in total. The number of hydrogen-bond acceptors (Lipinski definition) is 6. The Hall–Kier alpha value is -4.07. The van der Waals surface area contributed by atoms with Crippen LogP contribution in [0.4, 0.5) is 10.5 Å². The summed E-state index contributed by atoms with van der Waals surface area (Å²) in [6.07, 6.45) is 0. The normalized spacial score (nSPS) is 14.9. The Labute approximate surface area is 197 Å². The van der Waals surface area contributed by atoms with Crippen LogP contribution >= 0.6 is 0 Å². The molecule has 0 unspecified atom stereocenters. The Bertz CT molecular complexity index is 1320. The summed E-state index contributed by atoms with van der Waals surface area (Å²) in [4.78, 5) is 21.1. The van der Waals surface area contributed by atoms with E-state index < -0.39 is 0 Å². The molecule has 8 nitrogen and oxygen atoms in total. The molecule has 0 radical (unpaired) electrons. The highest BCUT2D eigenvalue weighted by molar-refractivity contribution is 5.86. The number of phenolic OH excluding ortho intramolecular Hbond substituents is 1. The van der Waals surface area contributed by atoms with Crippen LogP contribution in [0, 0.1) is 6.92 Å². The average molecular weight is 458 g/mol. The Morgan fingerprint density at radius 3 is 2.56 bits per heavy atom. The fourth-order valence-electron chi connectivity index (χ4n) is 4.45. The summed E-state index contributed by atoms with van der Waals surface area (Å²) in [5.74, 6) is 0.899. The van der Waals surface area contributed by atoms with E-state index in [1.54, 1.807) is 19.1 Å². The summed E-state index contributed by atoms with van der Waals surface area (Å²) in [7, 11) is 0. The van der Waals surface area contributed by atoms with E-state index in [-0.39, 0.29) is 17.8 Å². The minimum Gasteiger partial charge on any atom is -0.507 e. The number of benzene rings is 3. The van der Waals surface area contributed by atoms with E-state index in [9.17, 15) is 9.90 Å². The fourth-order valence-corrected chi connectivity index (χ4v) is 4.45. The molecule has 1 aliphatic heterocycles. The average Bonchev–Trinajstić information content (AvgIpc) is 3.29. The highest BCUT2D eigenvalue weighted by Gasteiger charge is 2.24.